The number of aromatic hydroxyl groups is 1. The van der Waals surface area contributed by atoms with Gasteiger partial charge in [0, 0.05) is 5.56 Å². The molecule has 1 N–H and O–H groups in total. The number of carbonyl (C=O) groups excluding carboxylic acids is 3. The molecule has 1 saturated carbocycles. The van der Waals surface area contributed by atoms with Crippen LogP contribution in [0.2, 0.25) is 0 Å². The summed E-state index contributed by atoms with van der Waals surface area (Å²) in [6.07, 6.45) is 0.637. The van der Waals surface area contributed by atoms with Crippen molar-refractivity contribution < 1.29 is 24.2 Å². The van der Waals surface area contributed by atoms with Crippen molar-refractivity contribution >= 4 is 17.3 Å². The number of hydrogen-bond donors (Lipinski definition) is 1. The molecule has 3 fully saturated rings. The number of rotatable bonds is 0. The Labute approximate surface area is 126 Å². The Hall–Kier alpha value is -2.01. The molecular formula is C17H14O5. The quantitative estimate of drug-likeness (QED) is 0.785. The molecule has 1 aromatic carbocycles. The molecule has 2 heterocycles. The lowest BCUT2D eigenvalue weighted by Gasteiger charge is -2.40. The molecule has 5 heteroatoms. The van der Waals surface area contributed by atoms with Crippen molar-refractivity contribution in [3.63, 3.8) is 0 Å². The number of phenolic OH excluding ortho intramolecular Hbond substituents is 1. The van der Waals surface area contributed by atoms with Crippen molar-refractivity contribution in [2.45, 2.75) is 31.5 Å². The van der Waals surface area contributed by atoms with Crippen LogP contribution in [0.5, 0.6) is 5.75 Å². The van der Waals surface area contributed by atoms with Gasteiger partial charge in [0.15, 0.2) is 17.3 Å². The summed E-state index contributed by atoms with van der Waals surface area (Å²) in [7, 11) is 0. The molecule has 4 atom stereocenters. The Kier molecular flexibility index (Phi) is 1.89. The molecule has 22 heavy (non-hydrogen) atoms. The molecule has 2 aliphatic heterocycles. The highest BCUT2D eigenvalue weighted by Crippen LogP contribution is 2.71. The lowest BCUT2D eigenvalue weighted by atomic mass is 9.58. The summed E-state index contributed by atoms with van der Waals surface area (Å²) >= 11 is 0. The van der Waals surface area contributed by atoms with E-state index >= 15 is 0 Å². The number of Topliss-reactive ketones (excluding diaryl/α,β-unsaturated/α-hetero) is 3. The van der Waals surface area contributed by atoms with Crippen molar-refractivity contribution in [2.24, 2.45) is 17.3 Å². The fraction of sp³-hybridized carbons (Fsp3) is 0.471. The van der Waals surface area contributed by atoms with Crippen LogP contribution in [-0.2, 0) is 9.53 Å². The van der Waals surface area contributed by atoms with Crippen molar-refractivity contribution in [1.29, 1.82) is 0 Å². The van der Waals surface area contributed by atoms with Gasteiger partial charge in [0.05, 0.1) is 28.4 Å². The maximum absolute atomic E-state index is 13.0. The lowest BCUT2D eigenvalue weighted by Crippen LogP contribution is -2.55. The number of phenols is 1. The Morgan fingerprint density at radius 3 is 2.59 bits per heavy atom. The highest BCUT2D eigenvalue weighted by Gasteiger charge is 2.81. The third kappa shape index (κ3) is 1.03. The lowest BCUT2D eigenvalue weighted by molar-refractivity contribution is -0.127. The minimum Gasteiger partial charge on any atom is -0.507 e. The Bertz CT molecular complexity index is 790. The van der Waals surface area contributed by atoms with E-state index in [0.29, 0.717) is 0 Å². The van der Waals surface area contributed by atoms with Crippen molar-refractivity contribution in [3.05, 3.63) is 29.3 Å². The number of fused-ring (bicyclic) bond motifs is 7. The average molecular weight is 298 g/mol. The summed E-state index contributed by atoms with van der Waals surface area (Å²) in [5.74, 6) is -2.09. The second-order valence-electron chi connectivity index (χ2n) is 7.02. The summed E-state index contributed by atoms with van der Waals surface area (Å²) in [5.41, 5.74) is -1.19. The first-order chi connectivity index (χ1) is 10.4. The maximum atomic E-state index is 13.0. The van der Waals surface area contributed by atoms with Crippen LogP contribution in [0, 0.1) is 17.3 Å². The standard InChI is InChI=1S/C17H14O5/c1-16-11-10(14(22-16)15(21)17(16)5-6-17)12(19)7-3-2-4-8(18)9(7)13(11)20/h2-4,10-11,14,18H,5-6H2,1H3. The molecule has 0 radical (unpaired) electrons. The van der Waals surface area contributed by atoms with E-state index in [1.165, 1.54) is 12.1 Å². The topological polar surface area (TPSA) is 80.7 Å². The van der Waals surface area contributed by atoms with E-state index < -0.39 is 29.0 Å². The minimum absolute atomic E-state index is 0.0130. The van der Waals surface area contributed by atoms with Gasteiger partial charge in [0.25, 0.3) is 0 Å². The summed E-state index contributed by atoms with van der Waals surface area (Å²) in [6.45, 7) is 1.79. The van der Waals surface area contributed by atoms with Gasteiger partial charge in [0.1, 0.15) is 11.9 Å². The van der Waals surface area contributed by atoms with Crippen LogP contribution in [0.15, 0.2) is 18.2 Å². The molecule has 112 valence electrons. The molecule has 1 aromatic rings. The zero-order valence-electron chi connectivity index (χ0n) is 12.0. The molecule has 0 aromatic heterocycles. The number of carbonyl (C=O) groups is 3. The summed E-state index contributed by atoms with van der Waals surface area (Å²) in [4.78, 5) is 38.4. The molecule has 2 bridgehead atoms. The van der Waals surface area contributed by atoms with Crippen molar-refractivity contribution in [2.75, 3.05) is 0 Å². The molecule has 2 saturated heterocycles. The van der Waals surface area contributed by atoms with E-state index in [9.17, 15) is 19.5 Å². The van der Waals surface area contributed by atoms with Crippen LogP contribution >= 0.6 is 0 Å². The van der Waals surface area contributed by atoms with E-state index in [4.69, 9.17) is 4.74 Å². The first kappa shape index (κ1) is 12.5. The minimum atomic E-state index is -0.911. The third-order valence-corrected chi connectivity index (χ3v) is 6.22. The highest BCUT2D eigenvalue weighted by molar-refractivity contribution is 6.21. The summed E-state index contributed by atoms with van der Waals surface area (Å²) < 4.78 is 5.94. The Morgan fingerprint density at radius 2 is 1.91 bits per heavy atom. The third-order valence-electron chi connectivity index (χ3n) is 6.22. The Morgan fingerprint density at radius 1 is 1.18 bits per heavy atom. The number of benzene rings is 1. The van der Waals surface area contributed by atoms with E-state index in [1.807, 2.05) is 0 Å². The maximum Gasteiger partial charge on any atom is 0.174 e. The predicted molar refractivity (Wildman–Crippen MR) is 73.7 cm³/mol. The van der Waals surface area contributed by atoms with Crippen LogP contribution in [0.3, 0.4) is 0 Å². The van der Waals surface area contributed by atoms with Gasteiger partial charge < -0.3 is 9.84 Å². The van der Waals surface area contributed by atoms with Crippen LogP contribution in [0.4, 0.5) is 0 Å². The fourth-order valence-electron chi connectivity index (χ4n) is 4.98. The smallest absolute Gasteiger partial charge is 0.174 e. The van der Waals surface area contributed by atoms with E-state index in [-0.39, 0.29) is 34.2 Å². The SMILES string of the molecule is CC12OC(C(=O)C13CC3)C1C(=O)c3cccc(O)c3C(=O)C12. The number of hydrogen-bond acceptors (Lipinski definition) is 5. The molecule has 1 spiro atoms. The molecule has 5 nitrogen and oxygen atoms in total. The predicted octanol–water partition coefficient (Wildman–Crippen LogP) is 1.52. The van der Waals surface area contributed by atoms with Gasteiger partial charge in [-0.05, 0) is 25.8 Å². The van der Waals surface area contributed by atoms with Crippen LogP contribution in [0.1, 0.15) is 40.5 Å². The largest absolute Gasteiger partial charge is 0.507 e. The molecule has 0 amide bonds. The summed E-state index contributed by atoms with van der Waals surface area (Å²) in [5, 5.41) is 10.0. The average Bonchev–Trinajstić information content (AvgIpc) is 3.19. The first-order valence-electron chi connectivity index (χ1n) is 7.55. The van der Waals surface area contributed by atoms with Gasteiger partial charge in [0.2, 0.25) is 0 Å². The van der Waals surface area contributed by atoms with E-state index in [0.717, 1.165) is 12.8 Å². The zero-order valence-corrected chi connectivity index (χ0v) is 12.0. The normalized spacial score (nSPS) is 40.0. The highest BCUT2D eigenvalue weighted by atomic mass is 16.5. The van der Waals surface area contributed by atoms with Gasteiger partial charge in [-0.2, -0.15) is 0 Å². The van der Waals surface area contributed by atoms with Crippen LogP contribution in [0.25, 0.3) is 0 Å². The van der Waals surface area contributed by atoms with Gasteiger partial charge in [-0.15, -0.1) is 0 Å². The fourth-order valence-corrected chi connectivity index (χ4v) is 4.98. The monoisotopic (exact) mass is 298 g/mol. The second kappa shape index (κ2) is 3.33. The Balaban J connectivity index is 1.77. The molecule has 4 unspecified atom stereocenters. The first-order valence-corrected chi connectivity index (χ1v) is 7.55. The molecule has 2 aliphatic carbocycles. The van der Waals surface area contributed by atoms with E-state index in [1.54, 1.807) is 13.0 Å². The van der Waals surface area contributed by atoms with Crippen LogP contribution in [-0.4, -0.2) is 34.2 Å². The molecule has 5 rings (SSSR count). The van der Waals surface area contributed by atoms with Crippen molar-refractivity contribution in [3.8, 4) is 5.75 Å². The van der Waals surface area contributed by atoms with Crippen molar-refractivity contribution in [1.82, 2.24) is 0 Å². The number of ether oxygens (including phenoxy) is 1. The van der Waals surface area contributed by atoms with Gasteiger partial charge >= 0.3 is 0 Å². The van der Waals surface area contributed by atoms with Gasteiger partial charge in [-0.25, -0.2) is 0 Å². The second-order valence-corrected chi connectivity index (χ2v) is 7.02. The molecule has 4 aliphatic rings. The number of ketones is 3. The van der Waals surface area contributed by atoms with Gasteiger partial charge in [-0.1, -0.05) is 12.1 Å². The van der Waals surface area contributed by atoms with E-state index in [2.05, 4.69) is 0 Å². The summed E-state index contributed by atoms with van der Waals surface area (Å²) in [6, 6.07) is 4.50. The molecular weight excluding hydrogens is 284 g/mol. The van der Waals surface area contributed by atoms with Gasteiger partial charge in [-0.3, -0.25) is 14.4 Å². The zero-order chi connectivity index (χ0) is 15.4. The van der Waals surface area contributed by atoms with Crippen LogP contribution < -0.4 is 0 Å².